The first kappa shape index (κ1) is 15.7. The lowest BCUT2D eigenvalue weighted by molar-refractivity contribution is -0.138. The van der Waals surface area contributed by atoms with Crippen molar-refractivity contribution >= 4 is 5.78 Å². The maximum absolute atomic E-state index is 12.2. The Labute approximate surface area is 112 Å². The zero-order chi connectivity index (χ0) is 15.4. The van der Waals surface area contributed by atoms with Gasteiger partial charge >= 0.3 is 6.18 Å². The molecule has 0 unspecified atom stereocenters. The minimum atomic E-state index is -4.45. The van der Waals surface area contributed by atoms with Gasteiger partial charge in [-0.1, -0.05) is 5.16 Å². The van der Waals surface area contributed by atoms with E-state index in [2.05, 4.69) is 9.68 Å². The molecule has 5 nitrogen and oxygen atoms in total. The highest BCUT2D eigenvalue weighted by atomic mass is 19.4. The topological polar surface area (TPSA) is 90.7 Å². The predicted molar refractivity (Wildman–Crippen MR) is 59.2 cm³/mol. The second-order valence-corrected chi connectivity index (χ2v) is 4.34. The van der Waals surface area contributed by atoms with Crippen molar-refractivity contribution < 1.29 is 22.5 Å². The summed E-state index contributed by atoms with van der Waals surface area (Å²) in [5, 5.41) is 21.5. The minimum Gasteiger partial charge on any atom is -0.353 e. The molecule has 8 heteroatoms. The van der Waals surface area contributed by atoms with Crippen LogP contribution in [0.4, 0.5) is 13.2 Å². The van der Waals surface area contributed by atoms with Gasteiger partial charge in [-0.15, -0.1) is 0 Å². The van der Waals surface area contributed by atoms with Crippen molar-refractivity contribution in [1.29, 1.82) is 10.5 Å². The van der Waals surface area contributed by atoms with Gasteiger partial charge in [0.25, 0.3) is 0 Å². The lowest BCUT2D eigenvalue weighted by Crippen LogP contribution is -2.23. The molecule has 0 aliphatic rings. The summed E-state index contributed by atoms with van der Waals surface area (Å²) in [4.78, 5) is 11.0. The predicted octanol–water partition coefficient (Wildman–Crippen LogP) is 2.80. The van der Waals surface area contributed by atoms with Crippen molar-refractivity contribution in [1.82, 2.24) is 5.16 Å². The third-order valence-electron chi connectivity index (χ3n) is 2.65. The highest BCUT2D eigenvalue weighted by molar-refractivity contribution is 5.91. The number of halogens is 3. The van der Waals surface area contributed by atoms with Crippen molar-refractivity contribution in [2.24, 2.45) is 5.41 Å². The third-order valence-corrected chi connectivity index (χ3v) is 2.65. The Hall–Kier alpha value is -2.35. The van der Waals surface area contributed by atoms with Crippen LogP contribution < -0.4 is 0 Å². The molecule has 0 atom stereocenters. The molecule has 1 heterocycles. The van der Waals surface area contributed by atoms with Crippen LogP contribution in [0.15, 0.2) is 10.6 Å². The molecule has 1 aromatic heterocycles. The van der Waals surface area contributed by atoms with Gasteiger partial charge < -0.3 is 4.52 Å². The Bertz CT molecular complexity index is 564. The van der Waals surface area contributed by atoms with Gasteiger partial charge in [-0.05, 0) is 6.42 Å². The van der Waals surface area contributed by atoms with Crippen molar-refractivity contribution in [3.05, 3.63) is 17.5 Å². The minimum absolute atomic E-state index is 0.0689. The van der Waals surface area contributed by atoms with E-state index in [0.717, 1.165) is 0 Å². The number of carbonyl (C=O) groups is 1. The maximum Gasteiger partial charge on any atom is 0.389 e. The number of Topliss-reactive ketones (excluding diaryl/α,β-unsaturated/α-hetero) is 1. The van der Waals surface area contributed by atoms with Crippen LogP contribution in [0, 0.1) is 28.1 Å². The molecule has 0 saturated carbocycles. The number of hydrogen-bond donors (Lipinski definition) is 0. The smallest absolute Gasteiger partial charge is 0.353 e. The molecule has 1 aromatic rings. The van der Waals surface area contributed by atoms with Gasteiger partial charge in [0, 0.05) is 25.8 Å². The average molecular weight is 285 g/mol. The number of carbonyl (C=O) groups excluding carboxylic acids is 1. The van der Waals surface area contributed by atoms with Crippen molar-refractivity contribution in [2.75, 3.05) is 0 Å². The van der Waals surface area contributed by atoms with Crippen LogP contribution in [-0.2, 0) is 6.42 Å². The summed E-state index contributed by atoms with van der Waals surface area (Å²) in [7, 11) is 0. The molecule has 1 rings (SSSR count). The number of alkyl halides is 3. The molecular weight excluding hydrogens is 275 g/mol. The zero-order valence-corrected chi connectivity index (χ0v) is 10.5. The Morgan fingerprint density at radius 2 is 1.95 bits per heavy atom. The normalized spacial score (nSPS) is 11.7. The molecular formula is C12H10F3N3O2. The van der Waals surface area contributed by atoms with E-state index < -0.39 is 30.2 Å². The van der Waals surface area contributed by atoms with Crippen LogP contribution >= 0.6 is 0 Å². The van der Waals surface area contributed by atoms with Gasteiger partial charge in [0.15, 0.2) is 5.78 Å². The summed E-state index contributed by atoms with van der Waals surface area (Å²) in [5.74, 6) is -0.473. The quantitative estimate of drug-likeness (QED) is 0.776. The molecule has 0 aliphatic carbocycles. The monoisotopic (exact) mass is 285 g/mol. The van der Waals surface area contributed by atoms with Crippen LogP contribution in [0.2, 0.25) is 0 Å². The summed E-state index contributed by atoms with van der Waals surface area (Å²) in [6.07, 6.45) is -6.68. The van der Waals surface area contributed by atoms with Crippen LogP contribution in [0.3, 0.4) is 0 Å². The van der Waals surface area contributed by atoms with Gasteiger partial charge in [0.2, 0.25) is 5.76 Å². The number of nitrogens with zero attached hydrogens (tertiary/aromatic N) is 3. The highest BCUT2D eigenvalue weighted by Gasteiger charge is 2.38. The zero-order valence-electron chi connectivity index (χ0n) is 10.5. The van der Waals surface area contributed by atoms with E-state index in [1.165, 1.54) is 13.0 Å². The standard InChI is InChI=1S/C12H10F3N3O2/c1-8(19)10-4-9(18-20-10)5-11(6-16,7-17)2-3-12(13,14)15/h4H,2-3,5H2,1H3. The number of ketones is 1. The van der Waals surface area contributed by atoms with Gasteiger partial charge in [-0.2, -0.15) is 23.7 Å². The molecule has 0 amide bonds. The molecule has 0 aliphatic heterocycles. The summed E-state index contributed by atoms with van der Waals surface area (Å²) >= 11 is 0. The van der Waals surface area contributed by atoms with E-state index in [4.69, 9.17) is 10.5 Å². The molecule has 0 radical (unpaired) electrons. The second-order valence-electron chi connectivity index (χ2n) is 4.34. The second kappa shape index (κ2) is 5.74. The Balaban J connectivity index is 2.89. The largest absolute Gasteiger partial charge is 0.389 e. The van der Waals surface area contributed by atoms with E-state index in [1.807, 2.05) is 0 Å². The van der Waals surface area contributed by atoms with E-state index in [9.17, 15) is 18.0 Å². The number of rotatable bonds is 5. The summed E-state index contributed by atoms with van der Waals surface area (Å²) in [6.45, 7) is 1.23. The fourth-order valence-electron chi connectivity index (χ4n) is 1.53. The van der Waals surface area contributed by atoms with Crippen LogP contribution in [0.1, 0.15) is 36.0 Å². The Kier molecular flexibility index (Phi) is 4.51. The van der Waals surface area contributed by atoms with E-state index in [1.54, 1.807) is 12.1 Å². The maximum atomic E-state index is 12.2. The summed E-state index contributed by atoms with van der Waals surface area (Å²) in [6, 6.07) is 4.42. The van der Waals surface area contributed by atoms with Gasteiger partial charge in [0.05, 0.1) is 17.8 Å². The van der Waals surface area contributed by atoms with Gasteiger partial charge in [-0.3, -0.25) is 4.79 Å². The van der Waals surface area contributed by atoms with Crippen LogP contribution in [-0.4, -0.2) is 17.1 Å². The number of aromatic nitrogens is 1. The molecule has 0 bridgehead atoms. The fraction of sp³-hybridized carbons (Fsp3) is 0.500. The van der Waals surface area contributed by atoms with Crippen molar-refractivity contribution in [3.8, 4) is 12.1 Å². The van der Waals surface area contributed by atoms with Gasteiger partial charge in [0.1, 0.15) is 5.41 Å². The molecule has 0 aromatic carbocycles. The van der Waals surface area contributed by atoms with Crippen molar-refractivity contribution in [3.63, 3.8) is 0 Å². The van der Waals surface area contributed by atoms with E-state index >= 15 is 0 Å². The highest BCUT2D eigenvalue weighted by Crippen LogP contribution is 2.33. The Morgan fingerprint density at radius 3 is 2.35 bits per heavy atom. The van der Waals surface area contributed by atoms with E-state index in [-0.39, 0.29) is 17.9 Å². The number of hydrogen-bond acceptors (Lipinski definition) is 5. The Morgan fingerprint density at radius 1 is 1.35 bits per heavy atom. The first-order valence-electron chi connectivity index (χ1n) is 5.57. The molecule has 0 N–H and O–H groups in total. The first-order valence-corrected chi connectivity index (χ1v) is 5.57. The van der Waals surface area contributed by atoms with Crippen LogP contribution in [0.5, 0.6) is 0 Å². The molecule has 0 saturated heterocycles. The van der Waals surface area contributed by atoms with Crippen molar-refractivity contribution in [2.45, 2.75) is 32.4 Å². The lowest BCUT2D eigenvalue weighted by Gasteiger charge is -2.17. The molecule has 20 heavy (non-hydrogen) atoms. The molecule has 0 spiro atoms. The van der Waals surface area contributed by atoms with Gasteiger partial charge in [-0.25, -0.2) is 0 Å². The fourth-order valence-corrected chi connectivity index (χ4v) is 1.53. The lowest BCUT2D eigenvalue weighted by atomic mass is 9.82. The number of nitriles is 2. The first-order chi connectivity index (χ1) is 9.21. The van der Waals surface area contributed by atoms with Crippen LogP contribution in [0.25, 0.3) is 0 Å². The average Bonchev–Trinajstić information content (AvgIpc) is 2.82. The van der Waals surface area contributed by atoms with E-state index in [0.29, 0.717) is 0 Å². The summed E-state index contributed by atoms with van der Waals surface area (Å²) < 4.78 is 41.3. The molecule has 106 valence electrons. The third kappa shape index (κ3) is 4.09. The molecule has 0 fully saturated rings. The SMILES string of the molecule is CC(=O)c1cc(CC(C#N)(C#N)CCC(F)(F)F)no1. The summed E-state index contributed by atoms with van der Waals surface area (Å²) in [5.41, 5.74) is -1.75.